The summed E-state index contributed by atoms with van der Waals surface area (Å²) in [5.41, 5.74) is 0.850. The number of hydrogen-bond donors (Lipinski definition) is 1. The van der Waals surface area contributed by atoms with E-state index in [0.717, 1.165) is 0 Å². The third-order valence-electron chi connectivity index (χ3n) is 2.04. The molecule has 0 fully saturated rings. The number of halogens is 1. The highest BCUT2D eigenvalue weighted by Gasteiger charge is 2.08. The van der Waals surface area contributed by atoms with Crippen LogP contribution >= 0.6 is 15.9 Å². The lowest BCUT2D eigenvalue weighted by Crippen LogP contribution is -2.30. The first-order valence-corrected chi connectivity index (χ1v) is 6.52. The SMILES string of the molecule is CCOC(=O)CNC(=O)c1ccc(OCBr)cc1. The van der Waals surface area contributed by atoms with Crippen molar-refractivity contribution in [3.8, 4) is 5.75 Å². The molecule has 0 aliphatic carbocycles. The van der Waals surface area contributed by atoms with Crippen molar-refractivity contribution in [1.29, 1.82) is 0 Å². The maximum Gasteiger partial charge on any atom is 0.325 e. The highest BCUT2D eigenvalue weighted by atomic mass is 79.9. The van der Waals surface area contributed by atoms with Crippen LogP contribution in [-0.2, 0) is 9.53 Å². The van der Waals surface area contributed by atoms with Crippen LogP contribution in [0, 0.1) is 0 Å². The van der Waals surface area contributed by atoms with Gasteiger partial charge in [-0.3, -0.25) is 9.59 Å². The van der Waals surface area contributed by atoms with E-state index in [1.54, 1.807) is 31.2 Å². The largest absolute Gasteiger partial charge is 0.482 e. The summed E-state index contributed by atoms with van der Waals surface area (Å²) in [6.45, 7) is 1.88. The van der Waals surface area contributed by atoms with Gasteiger partial charge in [0.05, 0.1) is 6.61 Å². The number of carbonyl (C=O) groups is 2. The molecule has 0 heterocycles. The van der Waals surface area contributed by atoms with E-state index in [1.165, 1.54) is 0 Å². The molecular formula is C12H14BrNO4. The molecule has 0 aliphatic rings. The Morgan fingerprint density at radius 3 is 2.50 bits per heavy atom. The molecule has 5 nitrogen and oxygen atoms in total. The second kappa shape index (κ2) is 7.71. The summed E-state index contributed by atoms with van der Waals surface area (Å²) >= 11 is 3.14. The van der Waals surface area contributed by atoms with E-state index in [9.17, 15) is 9.59 Å². The van der Waals surface area contributed by atoms with Crippen molar-refractivity contribution in [3.63, 3.8) is 0 Å². The smallest absolute Gasteiger partial charge is 0.325 e. The van der Waals surface area contributed by atoms with E-state index in [2.05, 4.69) is 21.2 Å². The molecule has 0 saturated carbocycles. The lowest BCUT2D eigenvalue weighted by atomic mass is 10.2. The van der Waals surface area contributed by atoms with Crippen LogP contribution in [0.25, 0.3) is 0 Å². The van der Waals surface area contributed by atoms with E-state index in [-0.39, 0.29) is 12.5 Å². The van der Waals surface area contributed by atoms with Crippen molar-refractivity contribution in [2.45, 2.75) is 6.92 Å². The van der Waals surface area contributed by atoms with Gasteiger partial charge in [0.1, 0.15) is 17.8 Å². The second-order valence-electron chi connectivity index (χ2n) is 3.27. The Morgan fingerprint density at radius 1 is 1.28 bits per heavy atom. The van der Waals surface area contributed by atoms with Gasteiger partial charge in [-0.15, -0.1) is 0 Å². The average Bonchev–Trinajstić information content (AvgIpc) is 2.37. The predicted molar refractivity (Wildman–Crippen MR) is 69.8 cm³/mol. The van der Waals surface area contributed by atoms with Gasteiger partial charge in [-0.2, -0.15) is 0 Å². The molecule has 1 amide bonds. The highest BCUT2D eigenvalue weighted by molar-refractivity contribution is 9.09. The summed E-state index contributed by atoms with van der Waals surface area (Å²) in [6.07, 6.45) is 0. The van der Waals surface area contributed by atoms with Gasteiger partial charge in [0, 0.05) is 5.56 Å². The number of hydrogen-bond acceptors (Lipinski definition) is 4. The molecule has 98 valence electrons. The molecule has 0 aliphatic heterocycles. The summed E-state index contributed by atoms with van der Waals surface area (Å²) in [4.78, 5) is 22.7. The van der Waals surface area contributed by atoms with Gasteiger partial charge in [0.25, 0.3) is 5.91 Å². The Balaban J connectivity index is 2.48. The third-order valence-corrected chi connectivity index (χ3v) is 2.27. The number of benzene rings is 1. The van der Waals surface area contributed by atoms with Gasteiger partial charge in [0.15, 0.2) is 0 Å². The van der Waals surface area contributed by atoms with Crippen molar-refractivity contribution in [3.05, 3.63) is 29.8 Å². The Labute approximate surface area is 114 Å². The minimum atomic E-state index is -0.454. The van der Waals surface area contributed by atoms with E-state index in [4.69, 9.17) is 9.47 Å². The van der Waals surface area contributed by atoms with Crippen LogP contribution in [0.1, 0.15) is 17.3 Å². The van der Waals surface area contributed by atoms with Crippen LogP contribution in [-0.4, -0.2) is 30.5 Å². The molecule has 0 saturated heterocycles. The van der Waals surface area contributed by atoms with E-state index >= 15 is 0 Å². The molecule has 0 spiro atoms. The average molecular weight is 316 g/mol. The molecule has 0 unspecified atom stereocenters. The van der Waals surface area contributed by atoms with Crippen molar-refractivity contribution in [2.75, 3.05) is 18.7 Å². The fraction of sp³-hybridized carbons (Fsp3) is 0.333. The number of alkyl halides is 1. The molecule has 0 radical (unpaired) electrons. The Morgan fingerprint density at radius 2 is 1.94 bits per heavy atom. The zero-order chi connectivity index (χ0) is 13.4. The second-order valence-corrected chi connectivity index (χ2v) is 3.72. The quantitative estimate of drug-likeness (QED) is 0.641. The topological polar surface area (TPSA) is 64.6 Å². The summed E-state index contributed by atoms with van der Waals surface area (Å²) in [5.74, 6) is -0.118. The molecule has 6 heteroatoms. The molecule has 0 bridgehead atoms. The molecule has 18 heavy (non-hydrogen) atoms. The van der Waals surface area contributed by atoms with Gasteiger partial charge < -0.3 is 14.8 Å². The monoisotopic (exact) mass is 315 g/mol. The molecule has 1 rings (SSSR count). The standard InChI is InChI=1S/C12H14BrNO4/c1-2-17-11(15)7-14-12(16)9-3-5-10(6-4-9)18-8-13/h3-6H,2,7-8H2,1H3,(H,14,16). The number of nitrogens with one attached hydrogen (secondary N) is 1. The number of rotatable bonds is 6. The van der Waals surface area contributed by atoms with Gasteiger partial charge in [-0.1, -0.05) is 0 Å². The van der Waals surface area contributed by atoms with Gasteiger partial charge in [-0.05, 0) is 47.1 Å². The summed E-state index contributed by atoms with van der Waals surface area (Å²) in [6, 6.07) is 6.61. The highest BCUT2D eigenvalue weighted by Crippen LogP contribution is 2.12. The van der Waals surface area contributed by atoms with Gasteiger partial charge in [0.2, 0.25) is 0 Å². The zero-order valence-electron chi connectivity index (χ0n) is 9.94. The van der Waals surface area contributed by atoms with Crippen molar-refractivity contribution in [2.24, 2.45) is 0 Å². The fourth-order valence-electron chi connectivity index (χ4n) is 1.23. The molecule has 1 aromatic rings. The molecular weight excluding hydrogens is 302 g/mol. The summed E-state index contributed by atoms with van der Waals surface area (Å²) in [7, 11) is 0. The van der Waals surface area contributed by atoms with E-state index in [0.29, 0.717) is 23.4 Å². The first kappa shape index (κ1) is 14.5. The Kier molecular flexibility index (Phi) is 6.21. The summed E-state index contributed by atoms with van der Waals surface area (Å²) in [5, 5.41) is 2.47. The maximum absolute atomic E-state index is 11.7. The molecule has 0 atom stereocenters. The van der Waals surface area contributed by atoms with Crippen molar-refractivity contribution >= 4 is 27.8 Å². The van der Waals surface area contributed by atoms with Gasteiger partial charge in [-0.25, -0.2) is 0 Å². The summed E-state index contributed by atoms with van der Waals surface area (Å²) < 4.78 is 9.88. The van der Waals surface area contributed by atoms with E-state index < -0.39 is 5.97 Å². The molecule has 1 N–H and O–H groups in total. The van der Waals surface area contributed by atoms with Crippen LogP contribution in [0.4, 0.5) is 0 Å². The maximum atomic E-state index is 11.7. The van der Waals surface area contributed by atoms with Crippen molar-refractivity contribution < 1.29 is 19.1 Å². The molecule has 1 aromatic carbocycles. The minimum Gasteiger partial charge on any atom is -0.482 e. The lowest BCUT2D eigenvalue weighted by Gasteiger charge is -2.06. The first-order valence-electron chi connectivity index (χ1n) is 5.40. The Hall–Kier alpha value is -1.56. The number of esters is 1. The third kappa shape index (κ3) is 4.75. The van der Waals surface area contributed by atoms with Gasteiger partial charge >= 0.3 is 5.97 Å². The van der Waals surface area contributed by atoms with Crippen LogP contribution in [0.15, 0.2) is 24.3 Å². The fourth-order valence-corrected chi connectivity index (χ4v) is 1.50. The first-order chi connectivity index (χ1) is 8.67. The minimum absolute atomic E-state index is 0.133. The zero-order valence-corrected chi connectivity index (χ0v) is 11.5. The normalized spacial score (nSPS) is 9.67. The molecule has 0 aromatic heterocycles. The van der Waals surface area contributed by atoms with Crippen LogP contribution < -0.4 is 10.1 Å². The van der Waals surface area contributed by atoms with Crippen LogP contribution in [0.3, 0.4) is 0 Å². The van der Waals surface area contributed by atoms with Crippen LogP contribution in [0.2, 0.25) is 0 Å². The number of ether oxygens (including phenoxy) is 2. The lowest BCUT2D eigenvalue weighted by molar-refractivity contribution is -0.141. The Bertz CT molecular complexity index is 405. The number of amides is 1. The van der Waals surface area contributed by atoms with E-state index in [1.807, 2.05) is 0 Å². The predicted octanol–water partition coefficient (Wildman–Crippen LogP) is 1.71. The van der Waals surface area contributed by atoms with Crippen molar-refractivity contribution in [1.82, 2.24) is 5.32 Å². The van der Waals surface area contributed by atoms with Crippen LogP contribution in [0.5, 0.6) is 5.75 Å². The number of carbonyl (C=O) groups excluding carboxylic acids is 2.